The zero-order chi connectivity index (χ0) is 17.5. The van der Waals surface area contributed by atoms with E-state index in [0.717, 1.165) is 36.5 Å². The zero-order valence-electron chi connectivity index (χ0n) is 15.2. The number of nitrogens with one attached hydrogen (secondary N) is 1. The number of benzene rings is 1. The maximum atomic E-state index is 4.45. The van der Waals surface area contributed by atoms with Gasteiger partial charge < -0.3 is 10.2 Å². The molecule has 5 heteroatoms. The van der Waals surface area contributed by atoms with E-state index < -0.39 is 0 Å². The molecule has 1 aromatic carbocycles. The first-order valence-corrected chi connectivity index (χ1v) is 9.02. The number of aryl methyl sites for hydroxylation is 1. The minimum atomic E-state index is 0.681. The van der Waals surface area contributed by atoms with Crippen molar-refractivity contribution in [1.29, 1.82) is 0 Å². The molecule has 132 valence electrons. The lowest BCUT2D eigenvalue weighted by Gasteiger charge is -2.34. The van der Waals surface area contributed by atoms with Crippen LogP contribution in [0.5, 0.6) is 0 Å². The molecule has 0 aliphatic carbocycles. The number of rotatable bonds is 4. The van der Waals surface area contributed by atoms with Gasteiger partial charge in [-0.05, 0) is 43.7 Å². The minimum absolute atomic E-state index is 0.681. The molecular weight excluding hydrogens is 310 g/mol. The number of aliphatic imine (C=N–C) groups is 1. The first-order chi connectivity index (χ1) is 12.2. The van der Waals surface area contributed by atoms with Crippen LogP contribution in [-0.4, -0.2) is 41.0 Å². The Labute approximate surface area is 150 Å². The van der Waals surface area contributed by atoms with Gasteiger partial charge in [0, 0.05) is 26.3 Å². The fourth-order valence-corrected chi connectivity index (χ4v) is 3.40. The summed E-state index contributed by atoms with van der Waals surface area (Å²) in [5.74, 6) is 2.53. The highest BCUT2D eigenvalue weighted by molar-refractivity contribution is 5.79. The molecule has 5 nitrogen and oxygen atoms in total. The highest BCUT2D eigenvalue weighted by Gasteiger charge is 2.21. The van der Waals surface area contributed by atoms with Gasteiger partial charge in [-0.1, -0.05) is 30.3 Å². The van der Waals surface area contributed by atoms with Crippen molar-refractivity contribution >= 4 is 5.96 Å². The Morgan fingerprint density at radius 3 is 2.64 bits per heavy atom. The Kier molecular flexibility index (Phi) is 5.99. The number of nitrogens with zero attached hydrogens (tertiary/aromatic N) is 4. The second kappa shape index (κ2) is 8.60. The highest BCUT2D eigenvalue weighted by Crippen LogP contribution is 2.21. The minimum Gasteiger partial charge on any atom is -0.351 e. The van der Waals surface area contributed by atoms with E-state index in [2.05, 4.69) is 55.5 Å². The molecule has 1 aromatic heterocycles. The average Bonchev–Trinajstić information content (AvgIpc) is 2.64. The van der Waals surface area contributed by atoms with Crippen molar-refractivity contribution in [2.24, 2.45) is 10.9 Å². The van der Waals surface area contributed by atoms with E-state index in [9.17, 15) is 0 Å². The summed E-state index contributed by atoms with van der Waals surface area (Å²) in [6.45, 7) is 4.70. The number of likely N-dealkylation sites (tertiary alicyclic amines) is 1. The normalized spacial score (nSPS) is 16.1. The average molecular weight is 337 g/mol. The third-order valence-corrected chi connectivity index (χ3v) is 4.75. The summed E-state index contributed by atoms with van der Waals surface area (Å²) >= 11 is 0. The van der Waals surface area contributed by atoms with Crippen molar-refractivity contribution in [1.82, 2.24) is 20.2 Å². The van der Waals surface area contributed by atoms with Crippen LogP contribution >= 0.6 is 0 Å². The van der Waals surface area contributed by atoms with Gasteiger partial charge in [0.05, 0.1) is 12.2 Å². The number of hydrogen-bond donors (Lipinski definition) is 1. The molecule has 0 unspecified atom stereocenters. The standard InChI is InChI=1S/C20H27N5/c1-16-22-11-8-19(24-16)15-23-20(21-2)25-12-9-18(10-13-25)14-17-6-4-3-5-7-17/h3-8,11,18H,9-10,12-15H2,1-2H3,(H,21,23). The van der Waals surface area contributed by atoms with E-state index in [1.54, 1.807) is 6.20 Å². The SMILES string of the molecule is CN=C(NCc1ccnc(C)n1)N1CCC(Cc2ccccc2)CC1. The lowest BCUT2D eigenvalue weighted by molar-refractivity contribution is 0.259. The molecule has 1 aliphatic heterocycles. The highest BCUT2D eigenvalue weighted by atomic mass is 15.3. The van der Waals surface area contributed by atoms with Crippen LogP contribution in [0, 0.1) is 12.8 Å². The van der Waals surface area contributed by atoms with Gasteiger partial charge in [-0.3, -0.25) is 4.99 Å². The molecule has 1 N–H and O–H groups in total. The fraction of sp³-hybridized carbons (Fsp3) is 0.450. The molecule has 0 spiro atoms. The van der Waals surface area contributed by atoms with Crippen molar-refractivity contribution < 1.29 is 0 Å². The molecule has 3 rings (SSSR count). The van der Waals surface area contributed by atoms with Crippen molar-refractivity contribution in [3.05, 3.63) is 59.7 Å². The largest absolute Gasteiger partial charge is 0.351 e. The molecule has 0 radical (unpaired) electrons. The summed E-state index contributed by atoms with van der Waals surface area (Å²) in [4.78, 5) is 15.4. The first-order valence-electron chi connectivity index (χ1n) is 9.02. The number of aromatic nitrogens is 2. The van der Waals surface area contributed by atoms with E-state index in [4.69, 9.17) is 0 Å². The van der Waals surface area contributed by atoms with Crippen LogP contribution in [0.3, 0.4) is 0 Å². The van der Waals surface area contributed by atoms with Gasteiger partial charge in [-0.2, -0.15) is 0 Å². The van der Waals surface area contributed by atoms with Crippen LogP contribution in [0.2, 0.25) is 0 Å². The van der Waals surface area contributed by atoms with Crippen LogP contribution in [0.4, 0.5) is 0 Å². The van der Waals surface area contributed by atoms with Crippen molar-refractivity contribution in [3.8, 4) is 0 Å². The second-order valence-electron chi connectivity index (χ2n) is 6.62. The van der Waals surface area contributed by atoms with E-state index in [-0.39, 0.29) is 0 Å². The van der Waals surface area contributed by atoms with Gasteiger partial charge in [-0.25, -0.2) is 9.97 Å². The van der Waals surface area contributed by atoms with Gasteiger partial charge in [-0.15, -0.1) is 0 Å². The summed E-state index contributed by atoms with van der Waals surface area (Å²) in [5.41, 5.74) is 2.44. The molecule has 0 bridgehead atoms. The van der Waals surface area contributed by atoms with Gasteiger partial charge in [0.25, 0.3) is 0 Å². The Bertz CT molecular complexity index is 690. The lowest BCUT2D eigenvalue weighted by atomic mass is 9.90. The topological polar surface area (TPSA) is 53.4 Å². The first kappa shape index (κ1) is 17.4. The molecule has 0 saturated carbocycles. The van der Waals surface area contributed by atoms with Gasteiger partial charge in [0.1, 0.15) is 5.82 Å². The van der Waals surface area contributed by atoms with E-state index in [1.807, 2.05) is 20.0 Å². The van der Waals surface area contributed by atoms with E-state index in [0.29, 0.717) is 6.54 Å². The van der Waals surface area contributed by atoms with Crippen LogP contribution in [0.25, 0.3) is 0 Å². The maximum Gasteiger partial charge on any atom is 0.193 e. The number of hydrogen-bond acceptors (Lipinski definition) is 3. The lowest BCUT2D eigenvalue weighted by Crippen LogP contribution is -2.45. The summed E-state index contributed by atoms with van der Waals surface area (Å²) < 4.78 is 0. The Morgan fingerprint density at radius 1 is 1.20 bits per heavy atom. The maximum absolute atomic E-state index is 4.45. The molecular formula is C20H27N5. The van der Waals surface area contributed by atoms with Crippen molar-refractivity contribution in [2.45, 2.75) is 32.7 Å². The molecule has 25 heavy (non-hydrogen) atoms. The molecule has 0 atom stereocenters. The zero-order valence-corrected chi connectivity index (χ0v) is 15.2. The second-order valence-corrected chi connectivity index (χ2v) is 6.62. The molecule has 1 fully saturated rings. The predicted octanol–water partition coefficient (Wildman–Crippen LogP) is 2.82. The summed E-state index contributed by atoms with van der Waals surface area (Å²) in [7, 11) is 1.85. The van der Waals surface area contributed by atoms with Crippen molar-refractivity contribution in [2.75, 3.05) is 20.1 Å². The van der Waals surface area contributed by atoms with E-state index in [1.165, 1.54) is 24.8 Å². The van der Waals surface area contributed by atoms with E-state index >= 15 is 0 Å². The quantitative estimate of drug-likeness (QED) is 0.688. The Morgan fingerprint density at radius 2 is 1.96 bits per heavy atom. The predicted molar refractivity (Wildman–Crippen MR) is 101 cm³/mol. The van der Waals surface area contributed by atoms with Crippen LogP contribution < -0.4 is 5.32 Å². The summed E-state index contributed by atoms with van der Waals surface area (Å²) in [6, 6.07) is 12.8. The van der Waals surface area contributed by atoms with Crippen LogP contribution in [-0.2, 0) is 13.0 Å². The fourth-order valence-electron chi connectivity index (χ4n) is 3.40. The number of piperidine rings is 1. The molecule has 1 saturated heterocycles. The van der Waals surface area contributed by atoms with Gasteiger partial charge in [0.15, 0.2) is 5.96 Å². The summed E-state index contributed by atoms with van der Waals surface area (Å²) in [5, 5.41) is 3.43. The third kappa shape index (κ3) is 5.02. The van der Waals surface area contributed by atoms with Crippen LogP contribution in [0.1, 0.15) is 29.9 Å². The Hall–Kier alpha value is -2.43. The van der Waals surface area contributed by atoms with Gasteiger partial charge >= 0.3 is 0 Å². The smallest absolute Gasteiger partial charge is 0.193 e. The number of guanidine groups is 1. The molecule has 2 aromatic rings. The Balaban J connectivity index is 1.49. The summed E-state index contributed by atoms with van der Waals surface area (Å²) in [6.07, 6.45) is 5.41. The molecule has 1 aliphatic rings. The van der Waals surface area contributed by atoms with Crippen molar-refractivity contribution in [3.63, 3.8) is 0 Å². The molecule has 0 amide bonds. The van der Waals surface area contributed by atoms with Crippen LogP contribution in [0.15, 0.2) is 47.6 Å². The molecule has 2 heterocycles. The third-order valence-electron chi connectivity index (χ3n) is 4.75. The van der Waals surface area contributed by atoms with Gasteiger partial charge in [0.2, 0.25) is 0 Å². The monoisotopic (exact) mass is 337 g/mol.